The number of hydrogen-bond donors (Lipinski definition) is 1. The lowest BCUT2D eigenvalue weighted by molar-refractivity contribution is 0.696. The molecule has 0 amide bonds. The number of fused-ring (bicyclic) bond motifs is 1. The molecule has 0 spiro atoms. The van der Waals surface area contributed by atoms with Gasteiger partial charge in [-0.25, -0.2) is 4.68 Å². The molecule has 1 aromatic heterocycles. The third kappa shape index (κ3) is 1.74. The zero-order chi connectivity index (χ0) is 10.8. The molecule has 0 atom stereocenters. The Morgan fingerprint density at radius 3 is 2.75 bits per heavy atom. The molecule has 0 aliphatic carbocycles. The van der Waals surface area contributed by atoms with Crippen LogP contribution in [-0.4, -0.2) is 22.9 Å². The molecule has 82 valence electrons. The average molecular weight is 213 g/mol. The van der Waals surface area contributed by atoms with Crippen molar-refractivity contribution in [3.05, 3.63) is 47.8 Å². The summed E-state index contributed by atoms with van der Waals surface area (Å²) in [4.78, 5) is 0. The fourth-order valence-corrected chi connectivity index (χ4v) is 2.13. The monoisotopic (exact) mass is 213 g/mol. The van der Waals surface area contributed by atoms with Crippen LogP contribution in [0.25, 0.3) is 5.69 Å². The highest BCUT2D eigenvalue weighted by molar-refractivity contribution is 5.33. The first kappa shape index (κ1) is 9.60. The molecule has 0 saturated carbocycles. The Morgan fingerprint density at radius 2 is 1.88 bits per heavy atom. The van der Waals surface area contributed by atoms with Crippen LogP contribution in [0.1, 0.15) is 11.3 Å². The highest BCUT2D eigenvalue weighted by Gasteiger charge is 2.12. The topological polar surface area (TPSA) is 29.9 Å². The van der Waals surface area contributed by atoms with Crippen LogP contribution in [0.4, 0.5) is 0 Å². The number of rotatable bonds is 1. The predicted molar refractivity (Wildman–Crippen MR) is 63.8 cm³/mol. The van der Waals surface area contributed by atoms with Crippen LogP contribution in [0.2, 0.25) is 0 Å². The Kier molecular flexibility index (Phi) is 2.46. The van der Waals surface area contributed by atoms with Gasteiger partial charge in [0.25, 0.3) is 0 Å². The third-order valence-corrected chi connectivity index (χ3v) is 3.01. The minimum absolute atomic E-state index is 1.04. The van der Waals surface area contributed by atoms with Gasteiger partial charge in [0.05, 0.1) is 11.4 Å². The van der Waals surface area contributed by atoms with Gasteiger partial charge < -0.3 is 5.32 Å². The molecule has 0 saturated heterocycles. The van der Waals surface area contributed by atoms with Crippen LogP contribution >= 0.6 is 0 Å². The molecule has 0 unspecified atom stereocenters. The van der Waals surface area contributed by atoms with E-state index in [1.807, 2.05) is 22.9 Å². The van der Waals surface area contributed by atoms with Crippen molar-refractivity contribution >= 4 is 0 Å². The van der Waals surface area contributed by atoms with Gasteiger partial charge in [-0.3, -0.25) is 0 Å². The van der Waals surface area contributed by atoms with E-state index in [0.29, 0.717) is 0 Å². The first-order chi connectivity index (χ1) is 7.93. The molecule has 3 rings (SSSR count). The number of benzene rings is 1. The van der Waals surface area contributed by atoms with E-state index >= 15 is 0 Å². The number of para-hydroxylation sites is 1. The fourth-order valence-electron chi connectivity index (χ4n) is 2.13. The molecule has 3 heteroatoms. The van der Waals surface area contributed by atoms with E-state index < -0.39 is 0 Å². The van der Waals surface area contributed by atoms with Crippen LogP contribution in [0.15, 0.2) is 36.5 Å². The third-order valence-electron chi connectivity index (χ3n) is 3.01. The van der Waals surface area contributed by atoms with Crippen LogP contribution in [0.3, 0.4) is 0 Å². The van der Waals surface area contributed by atoms with E-state index in [1.165, 1.54) is 11.3 Å². The molecule has 0 fully saturated rings. The van der Waals surface area contributed by atoms with Gasteiger partial charge in [-0.2, -0.15) is 5.10 Å². The van der Waals surface area contributed by atoms with Gasteiger partial charge in [0, 0.05) is 19.2 Å². The molecule has 1 aliphatic rings. The Morgan fingerprint density at radius 1 is 1.06 bits per heavy atom. The molecule has 2 aromatic rings. The fraction of sp³-hybridized carbons (Fsp3) is 0.308. The summed E-state index contributed by atoms with van der Waals surface area (Å²) in [6, 6.07) is 10.3. The lowest BCUT2D eigenvalue weighted by atomic mass is 10.2. The first-order valence-corrected chi connectivity index (χ1v) is 5.77. The molecular formula is C13H15N3. The maximum absolute atomic E-state index is 4.66. The summed E-state index contributed by atoms with van der Waals surface area (Å²) < 4.78 is 2.00. The van der Waals surface area contributed by atoms with Gasteiger partial charge in [-0.15, -0.1) is 0 Å². The summed E-state index contributed by atoms with van der Waals surface area (Å²) in [7, 11) is 0. The number of aromatic nitrogens is 2. The van der Waals surface area contributed by atoms with E-state index in [2.05, 4.69) is 28.7 Å². The Bertz CT molecular complexity index is 450. The minimum atomic E-state index is 1.04. The quantitative estimate of drug-likeness (QED) is 0.779. The highest BCUT2D eigenvalue weighted by Crippen LogP contribution is 2.14. The maximum atomic E-state index is 4.66. The Hall–Kier alpha value is -1.61. The van der Waals surface area contributed by atoms with Crippen molar-refractivity contribution < 1.29 is 0 Å². The second-order valence-electron chi connectivity index (χ2n) is 4.13. The number of nitrogens with one attached hydrogen (secondary N) is 1. The lowest BCUT2D eigenvalue weighted by Crippen LogP contribution is -2.16. The number of nitrogens with zero attached hydrogens (tertiary/aromatic N) is 2. The minimum Gasteiger partial charge on any atom is -0.316 e. The zero-order valence-electron chi connectivity index (χ0n) is 9.19. The molecular weight excluding hydrogens is 198 g/mol. The highest BCUT2D eigenvalue weighted by atomic mass is 15.3. The van der Waals surface area contributed by atoms with E-state index in [-0.39, 0.29) is 0 Å². The van der Waals surface area contributed by atoms with Gasteiger partial charge in [0.15, 0.2) is 0 Å². The van der Waals surface area contributed by atoms with E-state index in [9.17, 15) is 0 Å². The van der Waals surface area contributed by atoms with Crippen molar-refractivity contribution in [2.24, 2.45) is 0 Å². The van der Waals surface area contributed by atoms with Crippen LogP contribution < -0.4 is 5.32 Å². The Labute approximate surface area is 95.1 Å². The summed E-state index contributed by atoms with van der Waals surface area (Å²) in [5.41, 5.74) is 3.77. The van der Waals surface area contributed by atoms with Crippen molar-refractivity contribution in [1.82, 2.24) is 15.1 Å². The average Bonchev–Trinajstić information content (AvgIpc) is 2.62. The van der Waals surface area contributed by atoms with E-state index in [1.54, 1.807) is 0 Å². The summed E-state index contributed by atoms with van der Waals surface area (Å²) in [5, 5.41) is 8.05. The van der Waals surface area contributed by atoms with E-state index in [4.69, 9.17) is 0 Å². The van der Waals surface area contributed by atoms with Gasteiger partial charge in [0.2, 0.25) is 0 Å². The van der Waals surface area contributed by atoms with Crippen molar-refractivity contribution in [3.63, 3.8) is 0 Å². The van der Waals surface area contributed by atoms with Crippen molar-refractivity contribution in [2.75, 3.05) is 13.1 Å². The van der Waals surface area contributed by atoms with Gasteiger partial charge in [0.1, 0.15) is 0 Å². The normalized spacial score (nSPS) is 15.5. The molecule has 0 radical (unpaired) electrons. The second kappa shape index (κ2) is 4.10. The van der Waals surface area contributed by atoms with Crippen molar-refractivity contribution in [3.8, 4) is 5.69 Å². The summed E-state index contributed by atoms with van der Waals surface area (Å²) >= 11 is 0. The molecule has 0 bridgehead atoms. The summed E-state index contributed by atoms with van der Waals surface area (Å²) in [6.45, 7) is 2.10. The van der Waals surface area contributed by atoms with Crippen LogP contribution in [0, 0.1) is 0 Å². The van der Waals surface area contributed by atoms with Crippen LogP contribution in [0.5, 0.6) is 0 Å². The lowest BCUT2D eigenvalue weighted by Gasteiger charge is -2.00. The van der Waals surface area contributed by atoms with Gasteiger partial charge in [-0.05, 0) is 30.7 Å². The van der Waals surface area contributed by atoms with Crippen molar-refractivity contribution in [2.45, 2.75) is 12.8 Å². The van der Waals surface area contributed by atoms with Gasteiger partial charge >= 0.3 is 0 Å². The molecule has 1 N–H and O–H groups in total. The molecule has 2 heterocycles. The zero-order valence-corrected chi connectivity index (χ0v) is 9.19. The summed E-state index contributed by atoms with van der Waals surface area (Å²) in [5.74, 6) is 0. The number of hydrogen-bond acceptors (Lipinski definition) is 2. The predicted octanol–water partition coefficient (Wildman–Crippen LogP) is 1.56. The SMILES string of the molecule is c1ccc(-n2cc3c(n2)CCNCC3)cc1. The van der Waals surface area contributed by atoms with Crippen LogP contribution in [-0.2, 0) is 12.8 Å². The Balaban J connectivity index is 1.98. The first-order valence-electron chi connectivity index (χ1n) is 5.77. The molecule has 1 aliphatic heterocycles. The smallest absolute Gasteiger partial charge is 0.0674 e. The molecule has 1 aromatic carbocycles. The van der Waals surface area contributed by atoms with Crippen molar-refractivity contribution in [1.29, 1.82) is 0 Å². The van der Waals surface area contributed by atoms with Gasteiger partial charge in [-0.1, -0.05) is 18.2 Å². The second-order valence-corrected chi connectivity index (χ2v) is 4.13. The molecule has 3 nitrogen and oxygen atoms in total. The summed E-state index contributed by atoms with van der Waals surface area (Å²) in [6.07, 6.45) is 4.29. The van der Waals surface area contributed by atoms with E-state index in [0.717, 1.165) is 31.6 Å². The largest absolute Gasteiger partial charge is 0.316 e. The molecule has 16 heavy (non-hydrogen) atoms. The standard InChI is InChI=1S/C13H15N3/c1-2-4-12(5-3-1)16-10-11-6-8-14-9-7-13(11)15-16/h1-5,10,14H,6-9H2. The maximum Gasteiger partial charge on any atom is 0.0674 e.